The first kappa shape index (κ1) is 21.5. The zero-order valence-corrected chi connectivity index (χ0v) is 16.5. The minimum atomic E-state index is -0.803. The Morgan fingerprint density at radius 1 is 1.32 bits per heavy atom. The summed E-state index contributed by atoms with van der Waals surface area (Å²) in [5.41, 5.74) is 9.07. The van der Waals surface area contributed by atoms with Crippen LogP contribution in [0.5, 0.6) is 0 Å². The van der Waals surface area contributed by atoms with Gasteiger partial charge in [-0.25, -0.2) is 14.1 Å². The molecule has 1 aromatic heterocycles. The predicted molar refractivity (Wildman–Crippen MR) is 110 cm³/mol. The highest BCUT2D eigenvalue weighted by Crippen LogP contribution is 2.19. The normalized spacial score (nSPS) is 13.1. The third-order valence-corrected chi connectivity index (χ3v) is 4.28. The van der Waals surface area contributed by atoms with Gasteiger partial charge in [0.15, 0.2) is 6.80 Å². The number of allylic oxidation sites excluding steroid dienone is 3. The summed E-state index contributed by atoms with van der Waals surface area (Å²) in [6.07, 6.45) is 11.0. The molecule has 0 unspecified atom stereocenters. The van der Waals surface area contributed by atoms with Crippen LogP contribution < -0.4 is 5.73 Å². The minimum absolute atomic E-state index is 0.351. The molecule has 150 valence electrons. The maximum atomic E-state index is 13.0. The van der Waals surface area contributed by atoms with Crippen LogP contribution in [0, 0.1) is 0 Å². The molecule has 0 radical (unpaired) electrons. The van der Waals surface area contributed by atoms with Crippen molar-refractivity contribution in [3.63, 3.8) is 0 Å². The van der Waals surface area contributed by atoms with E-state index in [0.717, 1.165) is 28.0 Å². The second-order valence-corrected chi connectivity index (χ2v) is 6.49. The summed E-state index contributed by atoms with van der Waals surface area (Å²) in [5.74, 6) is -0.351. The Labute approximate surface area is 165 Å². The number of nitrogens with zero attached hydrogens (tertiary/aromatic N) is 4. The summed E-state index contributed by atoms with van der Waals surface area (Å²) in [5, 5.41) is 4.05. The minimum Gasteiger partial charge on any atom is -0.320 e. The fourth-order valence-corrected chi connectivity index (χ4v) is 2.86. The first-order chi connectivity index (χ1) is 13.6. The van der Waals surface area contributed by atoms with Crippen LogP contribution in [0.2, 0.25) is 0 Å². The molecule has 0 bridgehead atoms. The SMILES string of the molecule is CC/C=C(\C=C/n1cncn1)c1ccc(C[C@H](N)C(=O)N(CF)CCC)cc1. The molecule has 2 aromatic rings. The van der Waals surface area contributed by atoms with E-state index in [9.17, 15) is 9.18 Å². The maximum Gasteiger partial charge on any atom is 0.241 e. The van der Waals surface area contributed by atoms with Gasteiger partial charge in [0.25, 0.3) is 0 Å². The molecule has 0 aliphatic heterocycles. The van der Waals surface area contributed by atoms with E-state index in [-0.39, 0.29) is 5.91 Å². The molecule has 28 heavy (non-hydrogen) atoms. The fraction of sp³-hybridized carbons (Fsp3) is 0.381. The van der Waals surface area contributed by atoms with E-state index in [1.54, 1.807) is 11.0 Å². The summed E-state index contributed by atoms with van der Waals surface area (Å²) in [6.45, 7) is 3.56. The van der Waals surface area contributed by atoms with E-state index >= 15 is 0 Å². The van der Waals surface area contributed by atoms with Gasteiger partial charge in [-0.3, -0.25) is 4.79 Å². The van der Waals surface area contributed by atoms with E-state index in [1.807, 2.05) is 43.5 Å². The van der Waals surface area contributed by atoms with E-state index in [0.29, 0.717) is 19.4 Å². The first-order valence-corrected chi connectivity index (χ1v) is 9.51. The highest BCUT2D eigenvalue weighted by molar-refractivity contribution is 5.82. The molecular weight excluding hydrogens is 357 g/mol. The van der Waals surface area contributed by atoms with Crippen molar-refractivity contribution in [3.8, 4) is 0 Å². The summed E-state index contributed by atoms with van der Waals surface area (Å²) >= 11 is 0. The van der Waals surface area contributed by atoms with Crippen molar-refractivity contribution in [1.29, 1.82) is 0 Å². The number of benzene rings is 1. The molecule has 1 amide bonds. The van der Waals surface area contributed by atoms with Crippen molar-refractivity contribution >= 4 is 17.7 Å². The summed E-state index contributed by atoms with van der Waals surface area (Å²) < 4.78 is 14.6. The van der Waals surface area contributed by atoms with E-state index in [2.05, 4.69) is 23.1 Å². The van der Waals surface area contributed by atoms with Gasteiger partial charge >= 0.3 is 0 Å². The van der Waals surface area contributed by atoms with Gasteiger partial charge in [-0.1, -0.05) is 44.2 Å². The number of hydrogen-bond acceptors (Lipinski definition) is 4. The van der Waals surface area contributed by atoms with Crippen molar-refractivity contribution < 1.29 is 9.18 Å². The van der Waals surface area contributed by atoms with Crippen molar-refractivity contribution in [2.45, 2.75) is 39.2 Å². The Morgan fingerprint density at radius 2 is 2.07 bits per heavy atom. The molecule has 0 aliphatic carbocycles. The summed E-state index contributed by atoms with van der Waals surface area (Å²) in [7, 11) is 0. The van der Waals surface area contributed by atoms with Gasteiger partial charge in [-0.05, 0) is 42.0 Å². The van der Waals surface area contributed by atoms with Gasteiger partial charge in [-0.15, -0.1) is 0 Å². The van der Waals surface area contributed by atoms with Crippen molar-refractivity contribution in [1.82, 2.24) is 19.7 Å². The second-order valence-electron chi connectivity index (χ2n) is 6.49. The van der Waals surface area contributed by atoms with Crippen LogP contribution in [0.1, 0.15) is 37.8 Å². The van der Waals surface area contributed by atoms with Gasteiger partial charge < -0.3 is 10.6 Å². The molecule has 2 N–H and O–H groups in total. The molecule has 2 rings (SSSR count). The molecule has 1 aromatic carbocycles. The van der Waals surface area contributed by atoms with Crippen LogP contribution >= 0.6 is 0 Å². The smallest absolute Gasteiger partial charge is 0.241 e. The highest BCUT2D eigenvalue weighted by atomic mass is 19.1. The zero-order chi connectivity index (χ0) is 20.4. The molecule has 1 heterocycles. The highest BCUT2D eigenvalue weighted by Gasteiger charge is 2.20. The van der Waals surface area contributed by atoms with Crippen LogP contribution in [0.25, 0.3) is 11.8 Å². The van der Waals surface area contributed by atoms with E-state index in [1.165, 1.54) is 6.33 Å². The third-order valence-electron chi connectivity index (χ3n) is 4.28. The number of carbonyl (C=O) groups is 1. The largest absolute Gasteiger partial charge is 0.320 e. The lowest BCUT2D eigenvalue weighted by atomic mass is 9.99. The van der Waals surface area contributed by atoms with E-state index in [4.69, 9.17) is 5.73 Å². The van der Waals surface area contributed by atoms with Crippen molar-refractivity contribution in [2.75, 3.05) is 13.3 Å². The van der Waals surface area contributed by atoms with Crippen molar-refractivity contribution in [3.05, 3.63) is 60.2 Å². The molecule has 7 heteroatoms. The van der Waals surface area contributed by atoms with Crippen LogP contribution in [-0.2, 0) is 11.2 Å². The van der Waals surface area contributed by atoms with Crippen molar-refractivity contribution in [2.24, 2.45) is 5.73 Å². The number of nitrogens with two attached hydrogens (primary N) is 1. The lowest BCUT2D eigenvalue weighted by molar-refractivity contribution is -0.134. The third kappa shape index (κ3) is 6.13. The number of aromatic nitrogens is 3. The zero-order valence-electron chi connectivity index (χ0n) is 16.5. The van der Waals surface area contributed by atoms with Gasteiger partial charge in [0.1, 0.15) is 12.7 Å². The van der Waals surface area contributed by atoms with E-state index < -0.39 is 12.8 Å². The second kappa shape index (κ2) is 11.1. The fourth-order valence-electron chi connectivity index (χ4n) is 2.86. The Bertz CT molecular complexity index is 784. The Kier molecular flexibility index (Phi) is 8.55. The Morgan fingerprint density at radius 3 is 2.64 bits per heavy atom. The topological polar surface area (TPSA) is 77.0 Å². The van der Waals surface area contributed by atoms with Crippen LogP contribution in [-0.4, -0.2) is 45.0 Å². The van der Waals surface area contributed by atoms with Crippen LogP contribution in [0.3, 0.4) is 0 Å². The van der Waals surface area contributed by atoms with Crippen LogP contribution in [0.15, 0.2) is 49.1 Å². The molecule has 0 fully saturated rings. The monoisotopic (exact) mass is 385 g/mol. The molecule has 0 spiro atoms. The number of hydrogen-bond donors (Lipinski definition) is 1. The van der Waals surface area contributed by atoms with Gasteiger partial charge in [0.05, 0.1) is 6.04 Å². The lowest BCUT2D eigenvalue weighted by Crippen LogP contribution is -2.44. The number of carbonyl (C=O) groups excluding carboxylic acids is 1. The standard InChI is InChI=1S/C21H28FN5O/c1-3-5-18(10-12-27-16-24-15-25-27)19-8-6-17(7-9-19)13-20(23)21(28)26(14-22)11-4-2/h5-10,12,15-16,20H,3-4,11,13-14,23H2,1-2H3/b12-10-,18-5+/t20-/m0/s1. The molecule has 1 atom stereocenters. The predicted octanol–water partition coefficient (Wildman–Crippen LogP) is 3.28. The molecule has 0 saturated heterocycles. The van der Waals surface area contributed by atoms with Gasteiger partial charge in [0, 0.05) is 12.7 Å². The number of amides is 1. The van der Waals surface area contributed by atoms with Gasteiger partial charge in [0.2, 0.25) is 5.91 Å². The number of alkyl halides is 1. The number of halogens is 1. The average Bonchev–Trinajstić information content (AvgIpc) is 3.23. The summed E-state index contributed by atoms with van der Waals surface area (Å²) in [4.78, 5) is 17.3. The molecule has 0 aliphatic rings. The molecule has 0 saturated carbocycles. The average molecular weight is 385 g/mol. The Hall–Kier alpha value is -2.80. The lowest BCUT2D eigenvalue weighted by Gasteiger charge is -2.22. The Balaban J connectivity index is 2.06. The van der Waals surface area contributed by atoms with Crippen LogP contribution in [0.4, 0.5) is 4.39 Å². The molecular formula is C21H28FN5O. The van der Waals surface area contributed by atoms with Gasteiger partial charge in [-0.2, -0.15) is 5.10 Å². The quantitative estimate of drug-likeness (QED) is 0.503. The summed E-state index contributed by atoms with van der Waals surface area (Å²) in [6, 6.07) is 7.16. The number of rotatable bonds is 10. The first-order valence-electron chi connectivity index (χ1n) is 9.51. The maximum absolute atomic E-state index is 13.0. The molecule has 6 nitrogen and oxygen atoms in total.